The van der Waals surface area contributed by atoms with E-state index >= 15 is 0 Å². The van der Waals surface area contributed by atoms with Crippen molar-refractivity contribution in [3.05, 3.63) is 126 Å². The fourth-order valence-corrected chi connectivity index (χ4v) is 7.25. The summed E-state index contributed by atoms with van der Waals surface area (Å²) in [6.45, 7) is 1.67. The van der Waals surface area contributed by atoms with E-state index in [0.717, 1.165) is 35.6 Å². The number of para-hydroxylation sites is 1. The maximum Gasteiger partial charge on any atom is 0.264 e. The van der Waals surface area contributed by atoms with Crippen molar-refractivity contribution in [3.8, 4) is 5.75 Å². The van der Waals surface area contributed by atoms with E-state index < -0.39 is 34.3 Å². The normalized spacial score (nSPS) is 13.9. The van der Waals surface area contributed by atoms with Crippen molar-refractivity contribution in [1.82, 2.24) is 10.2 Å². The van der Waals surface area contributed by atoms with Crippen molar-refractivity contribution in [2.75, 3.05) is 17.5 Å². The maximum absolute atomic E-state index is 14.5. The highest BCUT2D eigenvalue weighted by molar-refractivity contribution is 7.92. The molecule has 4 aromatic carbocycles. The van der Waals surface area contributed by atoms with Crippen LogP contribution < -0.4 is 14.4 Å². The van der Waals surface area contributed by atoms with Gasteiger partial charge in [0.1, 0.15) is 24.2 Å². The number of anilines is 1. The van der Waals surface area contributed by atoms with Gasteiger partial charge in [0.15, 0.2) is 0 Å². The van der Waals surface area contributed by atoms with Gasteiger partial charge >= 0.3 is 0 Å². The van der Waals surface area contributed by atoms with Gasteiger partial charge in [0.05, 0.1) is 17.2 Å². The Balaban J connectivity index is 1.53. The Morgan fingerprint density at radius 3 is 2.09 bits per heavy atom. The largest absolute Gasteiger partial charge is 0.494 e. The van der Waals surface area contributed by atoms with E-state index in [9.17, 15) is 22.4 Å². The molecule has 0 unspecified atom stereocenters. The zero-order valence-electron chi connectivity index (χ0n) is 26.4. The number of halogens is 1. The van der Waals surface area contributed by atoms with Crippen LogP contribution in [0, 0.1) is 5.82 Å². The third-order valence-corrected chi connectivity index (χ3v) is 10.1. The smallest absolute Gasteiger partial charge is 0.264 e. The number of carbonyl (C=O) groups is 2. The maximum atomic E-state index is 14.5. The summed E-state index contributed by atoms with van der Waals surface area (Å²) >= 11 is 0. The molecule has 0 aliphatic heterocycles. The summed E-state index contributed by atoms with van der Waals surface area (Å²) in [4.78, 5) is 30.0. The van der Waals surface area contributed by atoms with Crippen LogP contribution in [0.3, 0.4) is 0 Å². The molecular formula is C37H40FN3O5S. The van der Waals surface area contributed by atoms with Gasteiger partial charge in [-0.1, -0.05) is 73.5 Å². The number of carbonyl (C=O) groups excluding carboxylic acids is 2. The summed E-state index contributed by atoms with van der Waals surface area (Å²) in [5.74, 6) is -0.786. The van der Waals surface area contributed by atoms with E-state index in [1.54, 1.807) is 54.6 Å². The highest BCUT2D eigenvalue weighted by Crippen LogP contribution is 2.27. The van der Waals surface area contributed by atoms with E-state index in [0.29, 0.717) is 23.6 Å². The molecule has 1 saturated carbocycles. The Labute approximate surface area is 276 Å². The van der Waals surface area contributed by atoms with Crippen molar-refractivity contribution >= 4 is 27.5 Å². The first-order valence-electron chi connectivity index (χ1n) is 15.9. The highest BCUT2D eigenvalue weighted by Gasteiger charge is 2.35. The average Bonchev–Trinajstić information content (AvgIpc) is 3.60. The van der Waals surface area contributed by atoms with Crippen molar-refractivity contribution in [3.63, 3.8) is 0 Å². The van der Waals surface area contributed by atoms with Crippen molar-refractivity contribution < 1.29 is 27.1 Å². The summed E-state index contributed by atoms with van der Waals surface area (Å²) < 4.78 is 48.8. The van der Waals surface area contributed by atoms with Crippen LogP contribution in [0.2, 0.25) is 0 Å². The molecule has 47 heavy (non-hydrogen) atoms. The summed E-state index contributed by atoms with van der Waals surface area (Å²) in [7, 11) is -4.24. The second-order valence-electron chi connectivity index (χ2n) is 11.6. The van der Waals surface area contributed by atoms with Crippen molar-refractivity contribution in [1.29, 1.82) is 0 Å². The van der Waals surface area contributed by atoms with Crippen LogP contribution in [0.1, 0.15) is 43.7 Å². The molecule has 0 saturated heterocycles. The van der Waals surface area contributed by atoms with Gasteiger partial charge in [-0.15, -0.1) is 0 Å². The molecule has 0 bridgehead atoms. The first-order valence-corrected chi connectivity index (χ1v) is 17.4. The van der Waals surface area contributed by atoms with Gasteiger partial charge in [-0.2, -0.15) is 0 Å². The van der Waals surface area contributed by atoms with Gasteiger partial charge in [-0.25, -0.2) is 12.8 Å². The Kier molecular flexibility index (Phi) is 11.3. The molecule has 0 aromatic heterocycles. The Morgan fingerprint density at radius 2 is 1.47 bits per heavy atom. The van der Waals surface area contributed by atoms with E-state index in [1.165, 1.54) is 29.2 Å². The third kappa shape index (κ3) is 8.77. The molecule has 246 valence electrons. The number of hydrogen-bond donors (Lipinski definition) is 1. The number of nitrogens with zero attached hydrogens (tertiary/aromatic N) is 2. The molecule has 1 aliphatic rings. The molecule has 2 amide bonds. The average molecular weight is 658 g/mol. The number of hydrogen-bond acceptors (Lipinski definition) is 5. The van der Waals surface area contributed by atoms with Gasteiger partial charge in [0.25, 0.3) is 10.0 Å². The molecular weight excluding hydrogens is 617 g/mol. The Bertz CT molecular complexity index is 1710. The van der Waals surface area contributed by atoms with Crippen LogP contribution in [0.5, 0.6) is 5.75 Å². The topological polar surface area (TPSA) is 96.0 Å². The van der Waals surface area contributed by atoms with Gasteiger partial charge in [-0.05, 0) is 79.4 Å². The molecule has 0 radical (unpaired) electrons. The van der Waals surface area contributed by atoms with Gasteiger partial charge in [-0.3, -0.25) is 13.9 Å². The minimum Gasteiger partial charge on any atom is -0.494 e. The van der Waals surface area contributed by atoms with E-state index in [4.69, 9.17) is 4.74 Å². The zero-order chi connectivity index (χ0) is 33.2. The molecule has 1 fully saturated rings. The molecule has 4 aromatic rings. The summed E-state index contributed by atoms with van der Waals surface area (Å²) in [6.07, 6.45) is 3.96. The van der Waals surface area contributed by atoms with E-state index in [-0.39, 0.29) is 29.8 Å². The van der Waals surface area contributed by atoms with Crippen molar-refractivity contribution in [2.24, 2.45) is 0 Å². The Morgan fingerprint density at radius 1 is 0.851 bits per heavy atom. The predicted molar refractivity (Wildman–Crippen MR) is 180 cm³/mol. The fourth-order valence-electron chi connectivity index (χ4n) is 5.83. The number of sulfonamides is 1. The number of nitrogens with one attached hydrogen (secondary N) is 1. The molecule has 0 heterocycles. The van der Waals surface area contributed by atoms with Gasteiger partial charge in [0.2, 0.25) is 11.8 Å². The monoisotopic (exact) mass is 657 g/mol. The summed E-state index contributed by atoms with van der Waals surface area (Å²) in [5.41, 5.74) is 1.75. The zero-order valence-corrected chi connectivity index (χ0v) is 27.2. The van der Waals surface area contributed by atoms with E-state index in [1.807, 2.05) is 37.3 Å². The van der Waals surface area contributed by atoms with Crippen molar-refractivity contribution in [2.45, 2.75) is 62.6 Å². The second kappa shape index (κ2) is 15.7. The van der Waals surface area contributed by atoms with E-state index in [2.05, 4.69) is 5.32 Å². The lowest BCUT2D eigenvalue weighted by atomic mass is 10.0. The van der Waals surface area contributed by atoms with Crippen LogP contribution in [-0.2, 0) is 32.6 Å². The predicted octanol–water partition coefficient (Wildman–Crippen LogP) is 6.12. The molecule has 1 aliphatic carbocycles. The lowest BCUT2D eigenvalue weighted by Gasteiger charge is -2.34. The lowest BCUT2D eigenvalue weighted by molar-refractivity contribution is -0.140. The second-order valence-corrected chi connectivity index (χ2v) is 13.5. The first-order chi connectivity index (χ1) is 22.7. The number of amides is 2. The highest BCUT2D eigenvalue weighted by atomic mass is 32.2. The van der Waals surface area contributed by atoms with Crippen LogP contribution in [0.25, 0.3) is 0 Å². The van der Waals surface area contributed by atoms with Crippen LogP contribution >= 0.6 is 0 Å². The quantitative estimate of drug-likeness (QED) is 0.176. The van der Waals surface area contributed by atoms with Gasteiger partial charge < -0.3 is 15.0 Å². The first kappa shape index (κ1) is 33.7. The summed E-state index contributed by atoms with van der Waals surface area (Å²) in [6, 6.07) is 28.6. The standard InChI is InChI=1S/C37H40FN3O5S/c1-2-46-33-21-23-34(24-22-33)47(44,45)41(32-15-7-4-8-16-32)27-36(42)40(26-29-17-19-30(38)20-18-29)35(25-28-11-5-3-6-12-28)37(43)39-31-13-9-10-14-31/h3-8,11-12,15-24,31,35H,2,9-10,13-14,25-27H2,1H3,(H,39,43)/t35-/m0/s1. The van der Waals surface area contributed by atoms with Crippen LogP contribution in [-0.4, -0.2) is 50.4 Å². The lowest BCUT2D eigenvalue weighted by Crippen LogP contribution is -2.54. The molecule has 8 nitrogen and oxygen atoms in total. The number of benzene rings is 4. The number of rotatable bonds is 14. The van der Waals surface area contributed by atoms with Gasteiger partial charge in [0, 0.05) is 19.0 Å². The molecule has 5 rings (SSSR count). The molecule has 0 spiro atoms. The third-order valence-electron chi connectivity index (χ3n) is 8.28. The summed E-state index contributed by atoms with van der Waals surface area (Å²) in [5, 5.41) is 3.15. The minimum absolute atomic E-state index is 0.00408. The Hall–Kier alpha value is -4.70. The molecule has 10 heteroatoms. The number of ether oxygens (including phenoxy) is 1. The fraction of sp³-hybridized carbons (Fsp3) is 0.297. The van der Waals surface area contributed by atoms with Crippen LogP contribution in [0.4, 0.5) is 10.1 Å². The minimum atomic E-state index is -4.24. The molecule has 1 N–H and O–H groups in total. The molecule has 1 atom stereocenters. The van der Waals surface area contributed by atoms with Crippen LogP contribution in [0.15, 0.2) is 114 Å². The SMILES string of the molecule is CCOc1ccc(S(=O)(=O)N(CC(=O)N(Cc2ccc(F)cc2)[C@@H](Cc2ccccc2)C(=O)NC2CCCC2)c2ccccc2)cc1.